The van der Waals surface area contributed by atoms with Crippen molar-refractivity contribution < 1.29 is 0 Å². The summed E-state index contributed by atoms with van der Waals surface area (Å²) in [4.78, 5) is 7.88. The van der Waals surface area contributed by atoms with E-state index in [1.54, 1.807) is 0 Å². The van der Waals surface area contributed by atoms with Crippen molar-refractivity contribution in [3.63, 3.8) is 0 Å². The Morgan fingerprint density at radius 3 is 2.48 bits per heavy atom. The monoisotopic (exact) mass is 299 g/mol. The van der Waals surface area contributed by atoms with Crippen molar-refractivity contribution in [3.05, 3.63) is 35.2 Å². The molecule has 3 rings (SSSR count). The summed E-state index contributed by atoms with van der Waals surface area (Å²) >= 11 is 5.64. The molecule has 0 fully saturated rings. The maximum atomic E-state index is 5.64. The highest BCUT2D eigenvalue weighted by Gasteiger charge is 2.29. The van der Waals surface area contributed by atoms with Crippen molar-refractivity contribution in [1.82, 2.24) is 14.5 Å². The minimum absolute atomic E-state index is 0.0689. The number of benzene rings is 1. The van der Waals surface area contributed by atoms with Crippen LogP contribution in [-0.2, 0) is 5.54 Å². The van der Waals surface area contributed by atoms with Crippen LogP contribution in [0.2, 0.25) is 0 Å². The van der Waals surface area contributed by atoms with Crippen LogP contribution >= 0.6 is 12.2 Å². The summed E-state index contributed by atoms with van der Waals surface area (Å²) < 4.78 is 3.13. The molecule has 0 saturated carbocycles. The van der Waals surface area contributed by atoms with Gasteiger partial charge in [0.1, 0.15) is 0 Å². The molecule has 0 saturated heterocycles. The van der Waals surface area contributed by atoms with E-state index in [-0.39, 0.29) is 5.54 Å². The van der Waals surface area contributed by atoms with E-state index in [1.807, 2.05) is 12.3 Å². The van der Waals surface area contributed by atoms with Crippen LogP contribution in [0.1, 0.15) is 40.0 Å². The molecule has 2 heterocycles. The van der Waals surface area contributed by atoms with Gasteiger partial charge in [0.25, 0.3) is 0 Å². The first-order valence-electron chi connectivity index (χ1n) is 7.65. The van der Waals surface area contributed by atoms with Gasteiger partial charge in [-0.15, -0.1) is 0 Å². The molecule has 3 aromatic rings. The highest BCUT2D eigenvalue weighted by molar-refractivity contribution is 7.71. The largest absolute Gasteiger partial charge is 0.329 e. The zero-order valence-corrected chi connectivity index (χ0v) is 13.6. The van der Waals surface area contributed by atoms with E-state index in [0.717, 1.165) is 35.1 Å². The second kappa shape index (κ2) is 5.26. The molecule has 0 aliphatic heterocycles. The minimum atomic E-state index is 0.0689. The quantitative estimate of drug-likeness (QED) is 0.674. The van der Waals surface area contributed by atoms with Crippen LogP contribution in [0, 0.1) is 4.77 Å². The standard InChI is InChI=1S/C17H21N3S/c1-4-17(5-2,6-3)20-15-12-9-7-8-10-13(12)18-11-14(15)19-16(20)21/h7-11H,4-6H2,1-3H3,(H,19,21). The molecule has 3 nitrogen and oxygen atoms in total. The predicted octanol–water partition coefficient (Wildman–Crippen LogP) is 5.17. The second-order valence-electron chi connectivity index (χ2n) is 5.59. The van der Waals surface area contributed by atoms with Crippen LogP contribution in [0.3, 0.4) is 0 Å². The zero-order chi connectivity index (χ0) is 15.0. The third-order valence-corrected chi connectivity index (χ3v) is 5.15. The summed E-state index contributed by atoms with van der Waals surface area (Å²) in [6, 6.07) is 8.28. The number of rotatable bonds is 4. The third kappa shape index (κ3) is 2.01. The van der Waals surface area contributed by atoms with Crippen LogP contribution < -0.4 is 0 Å². The molecule has 0 spiro atoms. The van der Waals surface area contributed by atoms with E-state index < -0.39 is 0 Å². The molecular weight excluding hydrogens is 278 g/mol. The second-order valence-corrected chi connectivity index (χ2v) is 5.97. The molecule has 0 bridgehead atoms. The van der Waals surface area contributed by atoms with Crippen molar-refractivity contribution in [2.45, 2.75) is 45.6 Å². The van der Waals surface area contributed by atoms with Gasteiger partial charge in [0.2, 0.25) is 0 Å². The molecule has 4 heteroatoms. The topological polar surface area (TPSA) is 33.6 Å². The molecule has 1 aromatic carbocycles. The van der Waals surface area contributed by atoms with Crippen LogP contribution in [0.4, 0.5) is 0 Å². The van der Waals surface area contributed by atoms with E-state index in [0.29, 0.717) is 0 Å². The number of hydrogen-bond donors (Lipinski definition) is 1. The van der Waals surface area contributed by atoms with Crippen LogP contribution in [0.5, 0.6) is 0 Å². The number of H-pyrrole nitrogens is 1. The van der Waals surface area contributed by atoms with Gasteiger partial charge < -0.3 is 9.55 Å². The van der Waals surface area contributed by atoms with Gasteiger partial charge in [0.05, 0.1) is 22.7 Å². The van der Waals surface area contributed by atoms with E-state index in [1.165, 1.54) is 10.9 Å². The lowest BCUT2D eigenvalue weighted by atomic mass is 9.89. The molecule has 0 atom stereocenters. The van der Waals surface area contributed by atoms with Gasteiger partial charge in [-0.1, -0.05) is 39.0 Å². The fraction of sp³-hybridized carbons (Fsp3) is 0.412. The number of fused-ring (bicyclic) bond motifs is 3. The molecule has 0 aliphatic rings. The number of nitrogens with zero attached hydrogens (tertiary/aromatic N) is 2. The van der Waals surface area contributed by atoms with Crippen LogP contribution in [-0.4, -0.2) is 14.5 Å². The molecular formula is C17H21N3S. The fourth-order valence-electron chi connectivity index (χ4n) is 3.41. The lowest BCUT2D eigenvalue weighted by Gasteiger charge is -2.33. The predicted molar refractivity (Wildman–Crippen MR) is 91.3 cm³/mol. The Balaban J connectivity index is 2.50. The summed E-state index contributed by atoms with van der Waals surface area (Å²) in [5, 5.41) is 1.17. The SMILES string of the molecule is CCC(CC)(CC)n1c(=S)[nH]c2cnc3ccccc3c21. The molecule has 1 N–H and O–H groups in total. The maximum Gasteiger partial charge on any atom is 0.178 e. The van der Waals surface area contributed by atoms with E-state index >= 15 is 0 Å². The number of pyridine rings is 1. The summed E-state index contributed by atoms with van der Waals surface area (Å²) in [5.41, 5.74) is 3.30. The Bertz CT molecular complexity index is 832. The Hall–Kier alpha value is -1.68. The fourth-order valence-corrected chi connectivity index (χ4v) is 3.80. The Kier molecular flexibility index (Phi) is 3.57. The van der Waals surface area contributed by atoms with Crippen molar-refractivity contribution in [2.24, 2.45) is 0 Å². The van der Waals surface area contributed by atoms with Gasteiger partial charge in [0.15, 0.2) is 4.77 Å². The first-order chi connectivity index (χ1) is 10.2. The van der Waals surface area contributed by atoms with Crippen molar-refractivity contribution in [2.75, 3.05) is 0 Å². The lowest BCUT2D eigenvalue weighted by molar-refractivity contribution is 0.256. The Morgan fingerprint density at radius 1 is 1.14 bits per heavy atom. The van der Waals surface area contributed by atoms with Crippen LogP contribution in [0.25, 0.3) is 21.9 Å². The third-order valence-electron chi connectivity index (χ3n) is 4.86. The molecule has 2 aromatic heterocycles. The van der Waals surface area contributed by atoms with E-state index in [4.69, 9.17) is 12.2 Å². The van der Waals surface area contributed by atoms with Gasteiger partial charge in [-0.05, 0) is 37.5 Å². The zero-order valence-electron chi connectivity index (χ0n) is 12.8. The number of aromatic amines is 1. The number of aromatic nitrogens is 3. The summed E-state index contributed by atoms with van der Waals surface area (Å²) in [5.74, 6) is 0. The van der Waals surface area contributed by atoms with Crippen molar-refractivity contribution in [1.29, 1.82) is 0 Å². The molecule has 0 radical (unpaired) electrons. The summed E-state index contributed by atoms with van der Waals surface area (Å²) in [6.07, 6.45) is 5.10. The maximum absolute atomic E-state index is 5.64. The van der Waals surface area contributed by atoms with Gasteiger partial charge in [-0.25, -0.2) is 0 Å². The van der Waals surface area contributed by atoms with Crippen molar-refractivity contribution >= 4 is 34.2 Å². The highest BCUT2D eigenvalue weighted by Crippen LogP contribution is 2.35. The van der Waals surface area contributed by atoms with Crippen LogP contribution in [0.15, 0.2) is 30.5 Å². The van der Waals surface area contributed by atoms with Gasteiger partial charge in [-0.2, -0.15) is 0 Å². The first kappa shape index (κ1) is 14.3. The number of imidazole rings is 1. The summed E-state index contributed by atoms with van der Waals surface area (Å²) in [6.45, 7) is 6.74. The van der Waals surface area contributed by atoms with Gasteiger partial charge >= 0.3 is 0 Å². The first-order valence-corrected chi connectivity index (χ1v) is 8.06. The average molecular weight is 299 g/mol. The average Bonchev–Trinajstić information content (AvgIpc) is 2.87. The molecule has 0 aliphatic carbocycles. The normalized spacial score (nSPS) is 12.3. The van der Waals surface area contributed by atoms with E-state index in [2.05, 4.69) is 53.5 Å². The van der Waals surface area contributed by atoms with Gasteiger partial charge in [-0.3, -0.25) is 4.98 Å². The molecule has 0 amide bonds. The molecule has 110 valence electrons. The van der Waals surface area contributed by atoms with Crippen molar-refractivity contribution in [3.8, 4) is 0 Å². The summed E-state index contributed by atoms with van der Waals surface area (Å²) in [7, 11) is 0. The molecule has 0 unspecified atom stereocenters. The number of para-hydroxylation sites is 1. The molecule has 21 heavy (non-hydrogen) atoms. The Labute approximate surface area is 130 Å². The van der Waals surface area contributed by atoms with E-state index in [9.17, 15) is 0 Å². The smallest absolute Gasteiger partial charge is 0.178 e. The lowest BCUT2D eigenvalue weighted by Crippen LogP contribution is -2.31. The minimum Gasteiger partial charge on any atom is -0.329 e. The van der Waals surface area contributed by atoms with Gasteiger partial charge in [0, 0.05) is 10.9 Å². The number of nitrogens with one attached hydrogen (secondary N) is 1. The Morgan fingerprint density at radius 2 is 1.81 bits per heavy atom. The number of hydrogen-bond acceptors (Lipinski definition) is 2. The highest BCUT2D eigenvalue weighted by atomic mass is 32.1.